The van der Waals surface area contributed by atoms with Crippen LogP contribution in [0.3, 0.4) is 0 Å². The predicted molar refractivity (Wildman–Crippen MR) is 51.3 cm³/mol. The zero-order valence-corrected chi connectivity index (χ0v) is 7.58. The maximum absolute atomic E-state index is 13.0. The molecule has 0 aliphatic rings. The summed E-state index contributed by atoms with van der Waals surface area (Å²) in [6.45, 7) is 0. The van der Waals surface area contributed by atoms with Crippen LogP contribution in [0, 0.1) is 5.82 Å². The van der Waals surface area contributed by atoms with Crippen LogP contribution >= 0.6 is 0 Å². The number of para-hydroxylation sites is 1. The summed E-state index contributed by atoms with van der Waals surface area (Å²) in [5.74, 6) is -0.577. The SMILES string of the molecule is NC(=O)NNC(=O)Nc1ccccc1F. The Kier molecular flexibility index (Phi) is 3.44. The molecule has 4 amide bonds. The maximum atomic E-state index is 13.0. The Balaban J connectivity index is 2.52. The van der Waals surface area contributed by atoms with Crippen LogP contribution in [0.15, 0.2) is 24.3 Å². The Morgan fingerprint density at radius 1 is 1.20 bits per heavy atom. The van der Waals surface area contributed by atoms with Crippen LogP contribution in [0.4, 0.5) is 19.7 Å². The lowest BCUT2D eigenvalue weighted by atomic mass is 10.3. The zero-order chi connectivity index (χ0) is 11.3. The molecule has 0 aromatic heterocycles. The number of carbonyl (C=O) groups is 2. The molecule has 5 N–H and O–H groups in total. The molecule has 7 heteroatoms. The zero-order valence-electron chi connectivity index (χ0n) is 7.58. The number of nitrogens with two attached hydrogens (primary N) is 1. The Morgan fingerprint density at radius 3 is 2.47 bits per heavy atom. The molecular formula is C8H9FN4O2. The van der Waals surface area contributed by atoms with Gasteiger partial charge in [-0.3, -0.25) is 0 Å². The number of anilines is 1. The highest BCUT2D eigenvalue weighted by Gasteiger charge is 2.05. The van der Waals surface area contributed by atoms with E-state index in [0.717, 1.165) is 0 Å². The van der Waals surface area contributed by atoms with Gasteiger partial charge in [-0.1, -0.05) is 12.1 Å². The summed E-state index contributed by atoms with van der Waals surface area (Å²) in [6.07, 6.45) is 0. The third kappa shape index (κ3) is 3.51. The molecular weight excluding hydrogens is 203 g/mol. The molecule has 0 fully saturated rings. The number of hydrogen-bond acceptors (Lipinski definition) is 2. The first kappa shape index (κ1) is 10.8. The molecule has 0 bridgehead atoms. The average Bonchev–Trinajstić information content (AvgIpc) is 2.18. The summed E-state index contributed by atoms with van der Waals surface area (Å²) in [4.78, 5) is 21.2. The number of urea groups is 2. The predicted octanol–water partition coefficient (Wildman–Crippen LogP) is 0.530. The summed E-state index contributed by atoms with van der Waals surface area (Å²) >= 11 is 0. The highest BCUT2D eigenvalue weighted by atomic mass is 19.1. The van der Waals surface area contributed by atoms with Gasteiger partial charge in [0.2, 0.25) is 0 Å². The van der Waals surface area contributed by atoms with Crippen LogP contribution in [-0.4, -0.2) is 12.1 Å². The molecule has 0 atom stereocenters. The van der Waals surface area contributed by atoms with Crippen molar-refractivity contribution in [1.82, 2.24) is 10.9 Å². The molecule has 6 nitrogen and oxygen atoms in total. The number of primary amides is 1. The molecule has 0 unspecified atom stereocenters. The van der Waals surface area contributed by atoms with Gasteiger partial charge in [-0.05, 0) is 12.1 Å². The first-order chi connectivity index (χ1) is 7.09. The summed E-state index contributed by atoms with van der Waals surface area (Å²) in [5, 5.41) is 2.17. The monoisotopic (exact) mass is 212 g/mol. The molecule has 0 heterocycles. The van der Waals surface area contributed by atoms with Crippen molar-refractivity contribution in [1.29, 1.82) is 0 Å². The molecule has 15 heavy (non-hydrogen) atoms. The van der Waals surface area contributed by atoms with Gasteiger partial charge in [-0.25, -0.2) is 24.8 Å². The molecule has 0 aliphatic heterocycles. The van der Waals surface area contributed by atoms with E-state index in [0.29, 0.717) is 0 Å². The second-order valence-corrected chi connectivity index (χ2v) is 2.55. The van der Waals surface area contributed by atoms with E-state index in [9.17, 15) is 14.0 Å². The summed E-state index contributed by atoms with van der Waals surface area (Å²) in [5.41, 5.74) is 8.45. The average molecular weight is 212 g/mol. The number of halogens is 1. The second kappa shape index (κ2) is 4.80. The molecule has 1 aromatic carbocycles. The van der Waals surface area contributed by atoms with E-state index in [1.807, 2.05) is 10.9 Å². The van der Waals surface area contributed by atoms with Crippen molar-refractivity contribution >= 4 is 17.7 Å². The molecule has 0 spiro atoms. The standard InChI is InChI=1S/C8H9FN4O2/c9-5-3-1-2-4-6(5)11-8(15)13-12-7(10)14/h1-4H,(H3,10,12,14)(H2,11,13,15). The number of amides is 4. The number of hydrazine groups is 1. The second-order valence-electron chi connectivity index (χ2n) is 2.55. The van der Waals surface area contributed by atoms with E-state index in [4.69, 9.17) is 5.73 Å². The van der Waals surface area contributed by atoms with E-state index in [-0.39, 0.29) is 5.69 Å². The topological polar surface area (TPSA) is 96.2 Å². The highest BCUT2D eigenvalue weighted by molar-refractivity contribution is 5.90. The van der Waals surface area contributed by atoms with Gasteiger partial charge in [0.25, 0.3) is 0 Å². The Hall–Kier alpha value is -2.31. The number of rotatable bonds is 1. The van der Waals surface area contributed by atoms with E-state index in [1.54, 1.807) is 6.07 Å². The number of carbonyl (C=O) groups excluding carboxylic acids is 2. The lowest BCUT2D eigenvalue weighted by Gasteiger charge is -2.07. The molecule has 0 aliphatic carbocycles. The molecule has 0 saturated carbocycles. The van der Waals surface area contributed by atoms with Crippen molar-refractivity contribution in [3.8, 4) is 0 Å². The minimum Gasteiger partial charge on any atom is -0.350 e. The lowest BCUT2D eigenvalue weighted by Crippen LogP contribution is -2.46. The molecule has 1 aromatic rings. The minimum absolute atomic E-state index is 0.00118. The Labute approximate surface area is 84.6 Å². The fraction of sp³-hybridized carbons (Fsp3) is 0. The molecule has 0 radical (unpaired) electrons. The van der Waals surface area contributed by atoms with E-state index < -0.39 is 17.9 Å². The van der Waals surface area contributed by atoms with Crippen LogP contribution in [0.1, 0.15) is 0 Å². The number of benzene rings is 1. The van der Waals surface area contributed by atoms with Crippen LogP contribution in [0.5, 0.6) is 0 Å². The molecule has 0 saturated heterocycles. The Bertz CT molecular complexity index is 383. The van der Waals surface area contributed by atoms with Crippen molar-refractivity contribution in [3.05, 3.63) is 30.1 Å². The van der Waals surface area contributed by atoms with Crippen molar-refractivity contribution < 1.29 is 14.0 Å². The third-order valence-corrected chi connectivity index (χ3v) is 1.42. The van der Waals surface area contributed by atoms with Crippen LogP contribution in [0.25, 0.3) is 0 Å². The largest absolute Gasteiger partial charge is 0.350 e. The van der Waals surface area contributed by atoms with Gasteiger partial charge in [0.05, 0.1) is 5.69 Å². The first-order valence-corrected chi connectivity index (χ1v) is 3.96. The highest BCUT2D eigenvalue weighted by Crippen LogP contribution is 2.11. The normalized spacial score (nSPS) is 9.13. The van der Waals surface area contributed by atoms with Gasteiger partial charge in [-0.15, -0.1) is 0 Å². The van der Waals surface area contributed by atoms with Gasteiger partial charge >= 0.3 is 12.1 Å². The van der Waals surface area contributed by atoms with Crippen molar-refractivity contribution in [3.63, 3.8) is 0 Å². The van der Waals surface area contributed by atoms with E-state index in [2.05, 4.69) is 5.32 Å². The van der Waals surface area contributed by atoms with Gasteiger partial charge in [-0.2, -0.15) is 0 Å². The number of nitrogens with one attached hydrogen (secondary N) is 3. The summed E-state index contributed by atoms with van der Waals surface area (Å²) in [7, 11) is 0. The lowest BCUT2D eigenvalue weighted by molar-refractivity contribution is 0.235. The summed E-state index contributed by atoms with van der Waals surface area (Å²) < 4.78 is 13.0. The fourth-order valence-corrected chi connectivity index (χ4v) is 0.835. The van der Waals surface area contributed by atoms with E-state index in [1.165, 1.54) is 18.2 Å². The van der Waals surface area contributed by atoms with Gasteiger partial charge in [0, 0.05) is 0 Å². The van der Waals surface area contributed by atoms with Crippen LogP contribution in [-0.2, 0) is 0 Å². The van der Waals surface area contributed by atoms with E-state index >= 15 is 0 Å². The quantitative estimate of drug-likeness (QED) is 0.511. The van der Waals surface area contributed by atoms with Crippen molar-refractivity contribution in [2.75, 3.05) is 5.32 Å². The van der Waals surface area contributed by atoms with Crippen LogP contribution < -0.4 is 21.9 Å². The van der Waals surface area contributed by atoms with Crippen molar-refractivity contribution in [2.24, 2.45) is 5.73 Å². The van der Waals surface area contributed by atoms with Crippen LogP contribution in [0.2, 0.25) is 0 Å². The van der Waals surface area contributed by atoms with Gasteiger partial charge in [0.15, 0.2) is 0 Å². The Morgan fingerprint density at radius 2 is 1.87 bits per heavy atom. The fourth-order valence-electron chi connectivity index (χ4n) is 0.835. The summed E-state index contributed by atoms with van der Waals surface area (Å²) in [6, 6.07) is 3.90. The first-order valence-electron chi connectivity index (χ1n) is 3.96. The maximum Gasteiger partial charge on any atom is 0.338 e. The molecule has 1 rings (SSSR count). The van der Waals surface area contributed by atoms with Gasteiger partial charge < -0.3 is 11.1 Å². The van der Waals surface area contributed by atoms with Crippen molar-refractivity contribution in [2.45, 2.75) is 0 Å². The third-order valence-electron chi connectivity index (χ3n) is 1.42. The minimum atomic E-state index is -0.918. The number of hydrogen-bond donors (Lipinski definition) is 4. The molecule has 80 valence electrons. The van der Waals surface area contributed by atoms with Gasteiger partial charge in [0.1, 0.15) is 5.82 Å². The smallest absolute Gasteiger partial charge is 0.338 e.